The van der Waals surface area contributed by atoms with Gasteiger partial charge in [0.15, 0.2) is 0 Å². The van der Waals surface area contributed by atoms with Gasteiger partial charge < -0.3 is 20.4 Å². The summed E-state index contributed by atoms with van der Waals surface area (Å²) >= 11 is 0. The summed E-state index contributed by atoms with van der Waals surface area (Å²) in [6.07, 6.45) is 0.674. The predicted octanol–water partition coefficient (Wildman–Crippen LogP) is 0.293. The van der Waals surface area contributed by atoms with E-state index in [0.29, 0.717) is 19.4 Å². The van der Waals surface area contributed by atoms with Gasteiger partial charge in [-0.25, -0.2) is 4.79 Å². The van der Waals surface area contributed by atoms with E-state index in [4.69, 9.17) is 10.2 Å². The summed E-state index contributed by atoms with van der Waals surface area (Å²) in [4.78, 5) is 35.7. The SMILES string of the molecule is CC(C)(C)NC(CC(=O)O)C(=O)N1CCCC1C(=O)O. The number of carboxylic acid groups (broad SMARTS) is 2. The quantitative estimate of drug-likeness (QED) is 0.670. The molecule has 1 aliphatic heterocycles. The Hall–Kier alpha value is -1.63. The first kappa shape index (κ1) is 16.4. The third-order valence-corrected chi connectivity index (χ3v) is 3.11. The first-order chi connectivity index (χ1) is 9.11. The molecule has 0 saturated carbocycles. The molecule has 20 heavy (non-hydrogen) atoms. The minimum atomic E-state index is -1.09. The van der Waals surface area contributed by atoms with Gasteiger partial charge in [0.25, 0.3) is 0 Å². The molecule has 1 aliphatic rings. The van der Waals surface area contributed by atoms with Crippen molar-refractivity contribution < 1.29 is 24.6 Å². The standard InChI is InChI=1S/C13H22N2O5/c1-13(2,3)14-8(7-10(16)17)11(18)15-6-4-5-9(15)12(19)20/h8-9,14H,4-7H2,1-3H3,(H,16,17)(H,19,20). The molecule has 1 amide bonds. The zero-order valence-corrected chi connectivity index (χ0v) is 12.0. The summed E-state index contributed by atoms with van der Waals surface area (Å²) in [7, 11) is 0. The number of carboxylic acids is 2. The summed E-state index contributed by atoms with van der Waals surface area (Å²) in [6, 6.07) is -1.76. The van der Waals surface area contributed by atoms with Crippen LogP contribution in [-0.2, 0) is 14.4 Å². The van der Waals surface area contributed by atoms with E-state index in [0.717, 1.165) is 0 Å². The molecule has 0 bridgehead atoms. The van der Waals surface area contributed by atoms with Crippen LogP contribution in [0, 0.1) is 0 Å². The highest BCUT2D eigenvalue weighted by Crippen LogP contribution is 2.20. The van der Waals surface area contributed by atoms with Crippen LogP contribution < -0.4 is 5.32 Å². The molecule has 2 atom stereocenters. The lowest BCUT2D eigenvalue weighted by molar-refractivity contribution is -0.150. The normalized spacial score (nSPS) is 20.8. The van der Waals surface area contributed by atoms with Gasteiger partial charge in [-0.1, -0.05) is 0 Å². The van der Waals surface area contributed by atoms with Crippen LogP contribution in [0.3, 0.4) is 0 Å². The molecule has 0 spiro atoms. The van der Waals surface area contributed by atoms with Gasteiger partial charge in [0.1, 0.15) is 6.04 Å². The molecule has 0 aromatic carbocycles. The van der Waals surface area contributed by atoms with E-state index in [9.17, 15) is 14.4 Å². The second kappa shape index (κ2) is 6.21. The molecule has 0 aromatic rings. The van der Waals surface area contributed by atoms with E-state index in [2.05, 4.69) is 5.32 Å². The highest BCUT2D eigenvalue weighted by molar-refractivity contribution is 5.90. The van der Waals surface area contributed by atoms with Gasteiger partial charge in [-0.3, -0.25) is 9.59 Å². The number of carbonyl (C=O) groups is 3. The van der Waals surface area contributed by atoms with E-state index in [-0.39, 0.29) is 6.42 Å². The van der Waals surface area contributed by atoms with E-state index in [1.807, 2.05) is 20.8 Å². The summed E-state index contributed by atoms with van der Waals surface area (Å²) in [5.74, 6) is -2.58. The first-order valence-corrected chi connectivity index (χ1v) is 6.64. The minimum absolute atomic E-state index is 0.359. The number of likely N-dealkylation sites (tertiary alicyclic amines) is 1. The van der Waals surface area contributed by atoms with Crippen LogP contribution in [0.5, 0.6) is 0 Å². The maximum atomic E-state index is 12.4. The number of nitrogens with one attached hydrogen (secondary N) is 1. The molecule has 0 aromatic heterocycles. The van der Waals surface area contributed by atoms with Crippen molar-refractivity contribution in [3.63, 3.8) is 0 Å². The molecule has 1 rings (SSSR count). The third kappa shape index (κ3) is 4.48. The maximum absolute atomic E-state index is 12.4. The Morgan fingerprint density at radius 3 is 2.35 bits per heavy atom. The van der Waals surface area contributed by atoms with E-state index in [1.165, 1.54) is 4.90 Å². The summed E-state index contributed by atoms with van der Waals surface area (Å²) in [5, 5.41) is 21.0. The maximum Gasteiger partial charge on any atom is 0.326 e. The first-order valence-electron chi connectivity index (χ1n) is 6.64. The molecule has 0 radical (unpaired) electrons. The van der Waals surface area contributed by atoms with Crippen molar-refractivity contribution in [2.45, 2.75) is 57.7 Å². The van der Waals surface area contributed by atoms with Crippen LogP contribution in [0.1, 0.15) is 40.0 Å². The number of rotatable bonds is 5. The number of hydrogen-bond donors (Lipinski definition) is 3. The fraction of sp³-hybridized carbons (Fsp3) is 0.769. The van der Waals surface area contributed by atoms with Crippen molar-refractivity contribution in [2.24, 2.45) is 0 Å². The van der Waals surface area contributed by atoms with Crippen LogP contribution in [0.15, 0.2) is 0 Å². The number of carbonyl (C=O) groups excluding carboxylic acids is 1. The average molecular weight is 286 g/mol. The number of hydrogen-bond acceptors (Lipinski definition) is 4. The van der Waals surface area contributed by atoms with Gasteiger partial charge in [-0.2, -0.15) is 0 Å². The molecule has 7 nitrogen and oxygen atoms in total. The molecular formula is C13H22N2O5. The van der Waals surface area contributed by atoms with Crippen molar-refractivity contribution in [1.82, 2.24) is 10.2 Å². The predicted molar refractivity (Wildman–Crippen MR) is 71.3 cm³/mol. The molecule has 0 aliphatic carbocycles. The van der Waals surface area contributed by atoms with Crippen LogP contribution in [0.2, 0.25) is 0 Å². The Morgan fingerprint density at radius 1 is 1.30 bits per heavy atom. The zero-order valence-electron chi connectivity index (χ0n) is 12.0. The monoisotopic (exact) mass is 286 g/mol. The van der Waals surface area contributed by atoms with Crippen molar-refractivity contribution in [3.05, 3.63) is 0 Å². The van der Waals surface area contributed by atoms with Crippen molar-refractivity contribution >= 4 is 17.8 Å². The highest BCUT2D eigenvalue weighted by atomic mass is 16.4. The molecular weight excluding hydrogens is 264 g/mol. The largest absolute Gasteiger partial charge is 0.481 e. The summed E-state index contributed by atoms with van der Waals surface area (Å²) in [6.45, 7) is 5.84. The van der Waals surface area contributed by atoms with Crippen molar-refractivity contribution in [3.8, 4) is 0 Å². The smallest absolute Gasteiger partial charge is 0.326 e. The molecule has 114 valence electrons. The fourth-order valence-corrected chi connectivity index (χ4v) is 2.38. The number of amides is 1. The van der Waals surface area contributed by atoms with Crippen LogP contribution in [0.25, 0.3) is 0 Å². The van der Waals surface area contributed by atoms with E-state index in [1.54, 1.807) is 0 Å². The Morgan fingerprint density at radius 2 is 1.90 bits per heavy atom. The zero-order chi connectivity index (χ0) is 15.5. The second-order valence-electron chi connectivity index (χ2n) is 6.07. The third-order valence-electron chi connectivity index (χ3n) is 3.11. The van der Waals surface area contributed by atoms with Crippen LogP contribution in [-0.4, -0.2) is 57.1 Å². The number of aliphatic carboxylic acids is 2. The minimum Gasteiger partial charge on any atom is -0.481 e. The van der Waals surface area contributed by atoms with Gasteiger partial charge in [0.05, 0.1) is 12.5 Å². The van der Waals surface area contributed by atoms with Gasteiger partial charge in [-0.05, 0) is 33.6 Å². The van der Waals surface area contributed by atoms with Gasteiger partial charge >= 0.3 is 11.9 Å². The highest BCUT2D eigenvalue weighted by Gasteiger charge is 2.38. The topological polar surface area (TPSA) is 107 Å². The average Bonchev–Trinajstić information content (AvgIpc) is 2.73. The summed E-state index contributed by atoms with van der Waals surface area (Å²) in [5.41, 5.74) is -0.436. The van der Waals surface area contributed by atoms with Gasteiger partial charge in [-0.15, -0.1) is 0 Å². The Bertz CT molecular complexity index is 402. The van der Waals surface area contributed by atoms with E-state index < -0.39 is 35.5 Å². The molecule has 1 saturated heterocycles. The lowest BCUT2D eigenvalue weighted by Gasteiger charge is -2.31. The van der Waals surface area contributed by atoms with Gasteiger partial charge in [0.2, 0.25) is 5.91 Å². The molecule has 1 fully saturated rings. The van der Waals surface area contributed by atoms with Gasteiger partial charge in [0, 0.05) is 12.1 Å². The molecule has 7 heteroatoms. The molecule has 3 N–H and O–H groups in total. The Kier molecular flexibility index (Phi) is 5.10. The lowest BCUT2D eigenvalue weighted by atomic mass is 10.0. The molecule has 1 heterocycles. The summed E-state index contributed by atoms with van der Waals surface area (Å²) < 4.78 is 0. The fourth-order valence-electron chi connectivity index (χ4n) is 2.38. The Labute approximate surface area is 117 Å². The molecule has 2 unspecified atom stereocenters. The Balaban J connectivity index is 2.86. The van der Waals surface area contributed by atoms with Crippen molar-refractivity contribution in [2.75, 3.05) is 6.54 Å². The second-order valence-corrected chi connectivity index (χ2v) is 6.07. The number of nitrogens with zero attached hydrogens (tertiary/aromatic N) is 1. The van der Waals surface area contributed by atoms with Crippen LogP contribution >= 0.6 is 0 Å². The lowest BCUT2D eigenvalue weighted by Crippen LogP contribution is -2.55. The van der Waals surface area contributed by atoms with Crippen molar-refractivity contribution in [1.29, 1.82) is 0 Å². The van der Waals surface area contributed by atoms with Crippen LogP contribution in [0.4, 0.5) is 0 Å². The van der Waals surface area contributed by atoms with E-state index >= 15 is 0 Å².